The van der Waals surface area contributed by atoms with Crippen LogP contribution in [0.15, 0.2) is 53.7 Å². The lowest BCUT2D eigenvalue weighted by Gasteiger charge is -2.09. The van der Waals surface area contributed by atoms with E-state index in [9.17, 15) is 13.2 Å². The third kappa shape index (κ3) is 4.35. The van der Waals surface area contributed by atoms with Crippen molar-refractivity contribution < 1.29 is 17.9 Å². The summed E-state index contributed by atoms with van der Waals surface area (Å²) in [5.41, 5.74) is 0.641. The van der Waals surface area contributed by atoms with E-state index < -0.39 is 17.5 Å². The molecule has 0 saturated heterocycles. The third-order valence-corrected chi connectivity index (χ3v) is 4.43. The molecule has 3 aromatic rings. The Labute approximate surface area is 153 Å². The number of hydrogen-bond donors (Lipinski definition) is 0. The Hall–Kier alpha value is -2.54. The Morgan fingerprint density at radius 3 is 2.31 bits per heavy atom. The minimum absolute atomic E-state index is 0.0326. The van der Waals surface area contributed by atoms with Gasteiger partial charge in [0.25, 0.3) is 0 Å². The topological polar surface area (TPSA) is 35.0 Å². The Morgan fingerprint density at radius 2 is 1.62 bits per heavy atom. The second-order valence-electron chi connectivity index (χ2n) is 5.36. The molecule has 0 spiro atoms. The number of thioether (sulfide) groups is 1. The highest BCUT2D eigenvalue weighted by atomic mass is 32.2. The van der Waals surface area contributed by atoms with E-state index in [4.69, 9.17) is 4.74 Å². The second kappa shape index (κ2) is 8.23. The molecule has 0 fully saturated rings. The zero-order chi connectivity index (χ0) is 18.5. The summed E-state index contributed by atoms with van der Waals surface area (Å²) >= 11 is 1.08. The Morgan fingerprint density at radius 1 is 0.923 bits per heavy atom. The van der Waals surface area contributed by atoms with Gasteiger partial charge >= 0.3 is 0 Å². The number of ether oxygens (including phenoxy) is 1. The number of rotatable bonds is 6. The molecule has 0 aliphatic heterocycles. The summed E-state index contributed by atoms with van der Waals surface area (Å²) in [6, 6.07) is 11.3. The lowest BCUT2D eigenvalue weighted by molar-refractivity contribution is 0.421. The van der Waals surface area contributed by atoms with Crippen LogP contribution in [-0.2, 0) is 12.2 Å². The Bertz CT molecular complexity index is 901. The Kier molecular flexibility index (Phi) is 5.78. The summed E-state index contributed by atoms with van der Waals surface area (Å²) in [6.45, 7) is 1.90. The van der Waals surface area contributed by atoms with Gasteiger partial charge in [0.2, 0.25) is 5.88 Å². The summed E-state index contributed by atoms with van der Waals surface area (Å²) in [5, 5.41) is 0.304. The molecular weight excluding hydrogens is 361 g/mol. The van der Waals surface area contributed by atoms with E-state index in [2.05, 4.69) is 9.97 Å². The number of nitrogens with zero attached hydrogens (tertiary/aromatic N) is 2. The normalized spacial score (nSPS) is 10.8. The van der Waals surface area contributed by atoms with E-state index in [1.165, 1.54) is 30.3 Å². The maximum atomic E-state index is 13.8. The van der Waals surface area contributed by atoms with Crippen molar-refractivity contribution in [1.29, 1.82) is 0 Å². The summed E-state index contributed by atoms with van der Waals surface area (Å²) in [5.74, 6) is -1.49. The number of benzene rings is 2. The number of halogens is 3. The fourth-order valence-corrected chi connectivity index (χ4v) is 3.08. The average molecular weight is 376 g/mol. The monoisotopic (exact) mass is 376 g/mol. The highest BCUT2D eigenvalue weighted by molar-refractivity contribution is 7.98. The summed E-state index contributed by atoms with van der Waals surface area (Å²) in [7, 11) is 0. The van der Waals surface area contributed by atoms with Crippen molar-refractivity contribution in [3.63, 3.8) is 0 Å². The molecule has 26 heavy (non-hydrogen) atoms. The molecule has 134 valence electrons. The maximum absolute atomic E-state index is 13.8. The smallest absolute Gasteiger partial charge is 0.223 e. The van der Waals surface area contributed by atoms with Gasteiger partial charge in [-0.2, -0.15) is 4.98 Å². The molecule has 3 rings (SSSR count). The molecule has 0 atom stereocenters. The molecule has 0 bridgehead atoms. The van der Waals surface area contributed by atoms with Gasteiger partial charge in [-0.15, -0.1) is 0 Å². The van der Waals surface area contributed by atoms with Crippen LogP contribution in [-0.4, -0.2) is 9.97 Å². The standard InChI is InChI=1S/C19H15F3N2OS/c1-2-12-10-18(25-17-9-4-3-6-16(17)22)24-19(23-12)26-11-13-14(20)7-5-8-15(13)21/h3-10H,2,11H2,1H3. The summed E-state index contributed by atoms with van der Waals surface area (Å²) < 4.78 is 46.8. The fourth-order valence-electron chi connectivity index (χ4n) is 2.19. The number of hydrogen-bond acceptors (Lipinski definition) is 4. The van der Waals surface area contributed by atoms with E-state index in [0.717, 1.165) is 11.8 Å². The van der Waals surface area contributed by atoms with Gasteiger partial charge in [0.1, 0.15) is 11.6 Å². The van der Waals surface area contributed by atoms with Crippen LogP contribution in [0, 0.1) is 17.5 Å². The molecule has 1 heterocycles. The lowest BCUT2D eigenvalue weighted by atomic mass is 10.2. The number of aryl methyl sites for hydroxylation is 1. The summed E-state index contributed by atoms with van der Waals surface area (Å²) in [4.78, 5) is 8.53. The van der Waals surface area contributed by atoms with Crippen LogP contribution in [0.4, 0.5) is 13.2 Å². The number of aromatic nitrogens is 2. The van der Waals surface area contributed by atoms with Crippen LogP contribution < -0.4 is 4.74 Å². The highest BCUT2D eigenvalue weighted by Gasteiger charge is 2.12. The van der Waals surface area contributed by atoms with Crippen LogP contribution in [0.1, 0.15) is 18.2 Å². The van der Waals surface area contributed by atoms with Crippen molar-refractivity contribution in [1.82, 2.24) is 9.97 Å². The van der Waals surface area contributed by atoms with Crippen LogP contribution in [0.25, 0.3) is 0 Å². The van der Waals surface area contributed by atoms with Crippen molar-refractivity contribution >= 4 is 11.8 Å². The fraction of sp³-hybridized carbons (Fsp3) is 0.158. The van der Waals surface area contributed by atoms with E-state index in [1.54, 1.807) is 18.2 Å². The molecule has 2 aromatic carbocycles. The first-order chi connectivity index (χ1) is 12.6. The second-order valence-corrected chi connectivity index (χ2v) is 6.30. The largest absolute Gasteiger partial charge is 0.436 e. The molecule has 1 aromatic heterocycles. The van der Waals surface area contributed by atoms with Crippen LogP contribution in [0.2, 0.25) is 0 Å². The zero-order valence-corrected chi connectivity index (χ0v) is 14.7. The first kappa shape index (κ1) is 18.3. The van der Waals surface area contributed by atoms with Gasteiger partial charge in [-0.1, -0.05) is 36.9 Å². The van der Waals surface area contributed by atoms with E-state index in [0.29, 0.717) is 17.3 Å². The minimum Gasteiger partial charge on any atom is -0.436 e. The molecular formula is C19H15F3N2OS. The molecule has 0 radical (unpaired) electrons. The van der Waals surface area contributed by atoms with Gasteiger partial charge in [-0.25, -0.2) is 18.2 Å². The average Bonchev–Trinajstić information content (AvgIpc) is 2.63. The third-order valence-electron chi connectivity index (χ3n) is 3.56. The van der Waals surface area contributed by atoms with Gasteiger partial charge in [-0.05, 0) is 30.7 Å². The predicted octanol–water partition coefficient (Wildman–Crippen LogP) is 5.54. The first-order valence-electron chi connectivity index (χ1n) is 7.93. The van der Waals surface area contributed by atoms with Crippen molar-refractivity contribution in [2.24, 2.45) is 0 Å². The van der Waals surface area contributed by atoms with Gasteiger partial charge in [-0.3, -0.25) is 0 Å². The molecule has 0 N–H and O–H groups in total. The highest BCUT2D eigenvalue weighted by Crippen LogP contribution is 2.28. The maximum Gasteiger partial charge on any atom is 0.223 e. The minimum atomic E-state index is -0.619. The molecule has 0 saturated carbocycles. The SMILES string of the molecule is CCc1cc(Oc2ccccc2F)nc(SCc2c(F)cccc2F)n1. The molecule has 0 aliphatic carbocycles. The van der Waals surface area contributed by atoms with Gasteiger partial charge < -0.3 is 4.74 Å². The van der Waals surface area contributed by atoms with Crippen LogP contribution >= 0.6 is 11.8 Å². The zero-order valence-electron chi connectivity index (χ0n) is 13.9. The lowest BCUT2D eigenvalue weighted by Crippen LogP contribution is -1.99. The van der Waals surface area contributed by atoms with Crippen molar-refractivity contribution in [2.75, 3.05) is 0 Å². The van der Waals surface area contributed by atoms with Crippen molar-refractivity contribution in [3.8, 4) is 11.6 Å². The molecule has 0 unspecified atom stereocenters. The van der Waals surface area contributed by atoms with Crippen molar-refractivity contribution in [2.45, 2.75) is 24.3 Å². The Balaban J connectivity index is 1.82. The molecule has 7 heteroatoms. The predicted molar refractivity (Wildman–Crippen MR) is 93.8 cm³/mol. The van der Waals surface area contributed by atoms with E-state index in [1.807, 2.05) is 6.92 Å². The van der Waals surface area contributed by atoms with Gasteiger partial charge in [0.15, 0.2) is 16.7 Å². The van der Waals surface area contributed by atoms with Gasteiger partial charge in [0.05, 0.1) is 0 Å². The van der Waals surface area contributed by atoms with Crippen molar-refractivity contribution in [3.05, 3.63) is 77.2 Å². The van der Waals surface area contributed by atoms with Gasteiger partial charge in [0, 0.05) is 23.1 Å². The van der Waals surface area contributed by atoms with E-state index in [-0.39, 0.29) is 22.9 Å². The number of para-hydroxylation sites is 1. The molecule has 0 amide bonds. The van der Waals surface area contributed by atoms with Crippen LogP contribution in [0.5, 0.6) is 11.6 Å². The molecule has 3 nitrogen and oxygen atoms in total. The van der Waals surface area contributed by atoms with E-state index >= 15 is 0 Å². The first-order valence-corrected chi connectivity index (χ1v) is 8.91. The molecule has 0 aliphatic rings. The quantitative estimate of drug-likeness (QED) is 0.418. The summed E-state index contributed by atoms with van der Waals surface area (Å²) in [6.07, 6.45) is 0.609. The van der Waals surface area contributed by atoms with Crippen LogP contribution in [0.3, 0.4) is 0 Å².